The molecule has 0 unspecified atom stereocenters. The molecule has 0 radical (unpaired) electrons. The lowest BCUT2D eigenvalue weighted by Gasteiger charge is -2.32. The lowest BCUT2D eigenvalue weighted by atomic mass is 10.1. The lowest BCUT2D eigenvalue weighted by molar-refractivity contribution is -0.137. The number of carbonyl (C=O) groups is 2. The third-order valence-corrected chi connectivity index (χ3v) is 3.27. The SMILES string of the molecule is CN1CCN(C(=O)c2cc(C(F)(F)F)ccc2F)CC1=O. The van der Waals surface area contributed by atoms with E-state index in [0.717, 1.165) is 4.90 Å². The predicted molar refractivity (Wildman–Crippen MR) is 64.9 cm³/mol. The highest BCUT2D eigenvalue weighted by atomic mass is 19.4. The molecule has 0 spiro atoms. The van der Waals surface area contributed by atoms with E-state index < -0.39 is 29.0 Å². The van der Waals surface area contributed by atoms with Crippen molar-refractivity contribution in [2.24, 2.45) is 0 Å². The number of benzene rings is 1. The number of rotatable bonds is 1. The number of likely N-dealkylation sites (N-methyl/N-ethyl adjacent to an activating group) is 1. The lowest BCUT2D eigenvalue weighted by Crippen LogP contribution is -2.50. The van der Waals surface area contributed by atoms with Crippen LogP contribution in [-0.2, 0) is 11.0 Å². The zero-order valence-electron chi connectivity index (χ0n) is 11.1. The van der Waals surface area contributed by atoms with Gasteiger partial charge in [-0.15, -0.1) is 0 Å². The number of hydrogen-bond acceptors (Lipinski definition) is 2. The summed E-state index contributed by atoms with van der Waals surface area (Å²) in [6.07, 6.45) is -4.67. The molecular formula is C13H12F4N2O2. The fraction of sp³-hybridized carbons (Fsp3) is 0.385. The van der Waals surface area contributed by atoms with Crippen molar-refractivity contribution in [2.75, 3.05) is 26.7 Å². The number of hydrogen-bond donors (Lipinski definition) is 0. The Labute approximate surface area is 117 Å². The molecule has 0 saturated carbocycles. The van der Waals surface area contributed by atoms with Crippen LogP contribution in [0, 0.1) is 5.82 Å². The Morgan fingerprint density at radius 2 is 1.90 bits per heavy atom. The second kappa shape index (κ2) is 5.34. The fourth-order valence-corrected chi connectivity index (χ4v) is 1.97. The molecule has 8 heteroatoms. The second-order valence-corrected chi connectivity index (χ2v) is 4.73. The van der Waals surface area contributed by atoms with Crippen LogP contribution in [0.4, 0.5) is 17.6 Å². The third kappa shape index (κ3) is 3.14. The monoisotopic (exact) mass is 304 g/mol. The molecule has 1 aromatic rings. The molecule has 2 rings (SSSR count). The molecule has 2 amide bonds. The van der Waals surface area contributed by atoms with Crippen LogP contribution in [0.2, 0.25) is 0 Å². The Morgan fingerprint density at radius 3 is 2.48 bits per heavy atom. The highest BCUT2D eigenvalue weighted by Gasteiger charge is 2.33. The van der Waals surface area contributed by atoms with Gasteiger partial charge in [-0.2, -0.15) is 13.2 Å². The summed E-state index contributed by atoms with van der Waals surface area (Å²) in [7, 11) is 1.55. The normalized spacial score (nSPS) is 16.3. The predicted octanol–water partition coefficient (Wildman–Crippen LogP) is 1.76. The van der Waals surface area contributed by atoms with Crippen LogP contribution in [0.3, 0.4) is 0 Å². The van der Waals surface area contributed by atoms with Crippen molar-refractivity contribution in [1.29, 1.82) is 0 Å². The van der Waals surface area contributed by atoms with Crippen molar-refractivity contribution in [2.45, 2.75) is 6.18 Å². The van der Waals surface area contributed by atoms with Gasteiger partial charge in [0, 0.05) is 20.1 Å². The molecule has 1 fully saturated rings. The minimum atomic E-state index is -4.67. The van der Waals surface area contributed by atoms with Gasteiger partial charge in [0.25, 0.3) is 5.91 Å². The number of amides is 2. The molecule has 1 saturated heterocycles. The molecule has 0 N–H and O–H groups in total. The van der Waals surface area contributed by atoms with Gasteiger partial charge in [0.2, 0.25) is 5.91 Å². The van der Waals surface area contributed by atoms with Crippen molar-refractivity contribution in [3.63, 3.8) is 0 Å². The van der Waals surface area contributed by atoms with Gasteiger partial charge in [0.1, 0.15) is 12.4 Å². The zero-order valence-corrected chi connectivity index (χ0v) is 11.1. The Hall–Kier alpha value is -2.12. The van der Waals surface area contributed by atoms with E-state index in [9.17, 15) is 27.2 Å². The standard InChI is InChI=1S/C13H12F4N2O2/c1-18-4-5-19(7-11(18)20)12(21)9-6-8(13(15,16)17)2-3-10(9)14/h2-3,6H,4-5,7H2,1H3. The fourth-order valence-electron chi connectivity index (χ4n) is 1.97. The molecule has 1 aromatic carbocycles. The van der Waals surface area contributed by atoms with Crippen molar-refractivity contribution in [3.8, 4) is 0 Å². The van der Waals surface area contributed by atoms with Crippen molar-refractivity contribution >= 4 is 11.8 Å². The second-order valence-electron chi connectivity index (χ2n) is 4.73. The van der Waals surface area contributed by atoms with E-state index in [2.05, 4.69) is 0 Å². The molecule has 114 valence electrons. The summed E-state index contributed by atoms with van der Waals surface area (Å²) in [6, 6.07) is 1.65. The molecule has 0 aliphatic carbocycles. The van der Waals surface area contributed by atoms with Gasteiger partial charge in [-0.3, -0.25) is 9.59 Å². The van der Waals surface area contributed by atoms with Gasteiger partial charge in [-0.1, -0.05) is 0 Å². The zero-order chi connectivity index (χ0) is 15.8. The average Bonchev–Trinajstić information content (AvgIpc) is 2.40. The summed E-state index contributed by atoms with van der Waals surface area (Å²) in [5.41, 5.74) is -1.78. The summed E-state index contributed by atoms with van der Waals surface area (Å²) in [5.74, 6) is -2.30. The van der Waals surface area contributed by atoms with Crippen LogP contribution in [0.5, 0.6) is 0 Å². The molecule has 4 nitrogen and oxygen atoms in total. The maximum absolute atomic E-state index is 13.6. The Kier molecular flexibility index (Phi) is 3.89. The molecule has 0 aromatic heterocycles. The maximum atomic E-state index is 13.6. The van der Waals surface area contributed by atoms with Crippen LogP contribution in [0.1, 0.15) is 15.9 Å². The van der Waals surface area contributed by atoms with Crippen LogP contribution < -0.4 is 0 Å². The summed E-state index contributed by atoms with van der Waals surface area (Å²) >= 11 is 0. The van der Waals surface area contributed by atoms with E-state index in [1.807, 2.05) is 0 Å². The Morgan fingerprint density at radius 1 is 1.24 bits per heavy atom. The Balaban J connectivity index is 2.29. The first kappa shape index (κ1) is 15.3. The number of nitrogens with zero attached hydrogens (tertiary/aromatic N) is 2. The highest BCUT2D eigenvalue weighted by molar-refractivity contribution is 5.97. The number of piperazine rings is 1. The minimum absolute atomic E-state index is 0.150. The minimum Gasteiger partial charge on any atom is -0.342 e. The summed E-state index contributed by atoms with van der Waals surface area (Å²) in [6.45, 7) is 0.132. The van der Waals surface area contributed by atoms with E-state index in [1.54, 1.807) is 7.05 Å². The van der Waals surface area contributed by atoms with E-state index in [4.69, 9.17) is 0 Å². The van der Waals surface area contributed by atoms with Crippen molar-refractivity contribution < 1.29 is 27.2 Å². The Bertz CT molecular complexity index is 586. The van der Waals surface area contributed by atoms with Gasteiger partial charge in [-0.25, -0.2) is 4.39 Å². The summed E-state index contributed by atoms with van der Waals surface area (Å²) in [4.78, 5) is 26.0. The van der Waals surface area contributed by atoms with E-state index in [1.165, 1.54) is 4.90 Å². The van der Waals surface area contributed by atoms with Crippen LogP contribution >= 0.6 is 0 Å². The molecule has 1 aliphatic heterocycles. The first-order valence-corrected chi connectivity index (χ1v) is 6.10. The molecule has 0 atom stereocenters. The first-order chi connectivity index (χ1) is 9.70. The number of alkyl halides is 3. The molecule has 1 aliphatic rings. The highest BCUT2D eigenvalue weighted by Crippen LogP contribution is 2.30. The first-order valence-electron chi connectivity index (χ1n) is 6.10. The summed E-state index contributed by atoms with van der Waals surface area (Å²) < 4.78 is 51.5. The molecule has 0 bridgehead atoms. The third-order valence-electron chi connectivity index (χ3n) is 3.27. The van der Waals surface area contributed by atoms with E-state index in [-0.39, 0.29) is 25.5 Å². The quantitative estimate of drug-likeness (QED) is 0.742. The number of carbonyl (C=O) groups excluding carboxylic acids is 2. The van der Waals surface area contributed by atoms with Gasteiger partial charge in [0.15, 0.2) is 0 Å². The largest absolute Gasteiger partial charge is 0.416 e. The topological polar surface area (TPSA) is 40.6 Å². The maximum Gasteiger partial charge on any atom is 0.416 e. The van der Waals surface area contributed by atoms with Crippen LogP contribution in [0.25, 0.3) is 0 Å². The molecule has 21 heavy (non-hydrogen) atoms. The smallest absolute Gasteiger partial charge is 0.342 e. The molecule has 1 heterocycles. The van der Waals surface area contributed by atoms with E-state index >= 15 is 0 Å². The van der Waals surface area contributed by atoms with Crippen LogP contribution in [-0.4, -0.2) is 48.3 Å². The van der Waals surface area contributed by atoms with Crippen LogP contribution in [0.15, 0.2) is 18.2 Å². The van der Waals surface area contributed by atoms with Gasteiger partial charge >= 0.3 is 6.18 Å². The van der Waals surface area contributed by atoms with Gasteiger partial charge < -0.3 is 9.80 Å². The van der Waals surface area contributed by atoms with Crippen molar-refractivity contribution in [1.82, 2.24) is 9.80 Å². The van der Waals surface area contributed by atoms with Gasteiger partial charge in [-0.05, 0) is 18.2 Å². The average molecular weight is 304 g/mol. The van der Waals surface area contributed by atoms with Gasteiger partial charge in [0.05, 0.1) is 11.1 Å². The van der Waals surface area contributed by atoms with E-state index in [0.29, 0.717) is 18.2 Å². The van der Waals surface area contributed by atoms with Crippen molar-refractivity contribution in [3.05, 3.63) is 35.1 Å². The number of halogens is 4. The summed E-state index contributed by atoms with van der Waals surface area (Å²) in [5, 5.41) is 0. The molecular weight excluding hydrogens is 292 g/mol.